The highest BCUT2D eigenvalue weighted by atomic mass is 16.5. The van der Waals surface area contributed by atoms with Gasteiger partial charge < -0.3 is 19.7 Å². The normalized spacial score (nSPS) is 13.6. The van der Waals surface area contributed by atoms with Crippen LogP contribution in [-0.2, 0) is 9.47 Å². The summed E-state index contributed by atoms with van der Waals surface area (Å²) in [5, 5.41) is 5.88. The van der Waals surface area contributed by atoms with E-state index in [0.29, 0.717) is 11.6 Å². The largest absolute Gasteiger partial charge is 0.453 e. The summed E-state index contributed by atoms with van der Waals surface area (Å²) < 4.78 is 10.0. The number of carbonyl (C=O) groups excluding carboxylic acids is 1. The molecular weight excluding hydrogens is 382 g/mol. The van der Waals surface area contributed by atoms with Gasteiger partial charge in [-0.25, -0.2) is 14.8 Å². The zero-order valence-corrected chi connectivity index (χ0v) is 16.7. The molecule has 1 aliphatic rings. The molecule has 154 valence electrons. The summed E-state index contributed by atoms with van der Waals surface area (Å²) in [5.41, 5.74) is 4.44. The fourth-order valence-corrected chi connectivity index (χ4v) is 3.18. The van der Waals surface area contributed by atoms with Crippen LogP contribution in [0.5, 0.6) is 0 Å². The molecule has 1 aliphatic heterocycles. The summed E-state index contributed by atoms with van der Waals surface area (Å²) >= 11 is 0. The Morgan fingerprint density at radius 3 is 2.40 bits per heavy atom. The first-order valence-corrected chi connectivity index (χ1v) is 9.69. The summed E-state index contributed by atoms with van der Waals surface area (Å²) in [4.78, 5) is 22.5. The predicted octanol–water partition coefficient (Wildman–Crippen LogP) is 3.90. The molecule has 0 aliphatic carbocycles. The Labute approximate surface area is 174 Å². The number of nitrogens with one attached hydrogen (secondary N) is 2. The molecule has 0 radical (unpaired) electrons. The maximum absolute atomic E-state index is 11.3. The topological polar surface area (TPSA) is 88.6 Å². The van der Waals surface area contributed by atoms with Gasteiger partial charge in [-0.3, -0.25) is 5.32 Å². The lowest BCUT2D eigenvalue weighted by Crippen LogP contribution is -2.36. The average molecular weight is 405 g/mol. The highest BCUT2D eigenvalue weighted by Crippen LogP contribution is 2.23. The van der Waals surface area contributed by atoms with Crippen LogP contribution in [-0.4, -0.2) is 49.5 Å². The Morgan fingerprint density at radius 2 is 1.70 bits per heavy atom. The Kier molecular flexibility index (Phi) is 6.05. The van der Waals surface area contributed by atoms with E-state index in [1.807, 2.05) is 30.3 Å². The van der Waals surface area contributed by atoms with E-state index in [1.165, 1.54) is 12.8 Å². The number of nitrogens with zero attached hydrogens (tertiary/aromatic N) is 3. The summed E-state index contributed by atoms with van der Waals surface area (Å²) in [6, 6.07) is 17.4. The van der Waals surface area contributed by atoms with Crippen molar-refractivity contribution in [1.82, 2.24) is 9.97 Å². The molecule has 0 spiro atoms. The van der Waals surface area contributed by atoms with E-state index in [-0.39, 0.29) is 0 Å². The van der Waals surface area contributed by atoms with Crippen molar-refractivity contribution in [2.75, 3.05) is 48.9 Å². The first-order chi connectivity index (χ1) is 14.7. The van der Waals surface area contributed by atoms with E-state index in [9.17, 15) is 4.79 Å². The van der Waals surface area contributed by atoms with Crippen molar-refractivity contribution in [1.29, 1.82) is 0 Å². The standard InChI is InChI=1S/C22H23N5O3/c1-29-22(28)25-18-4-2-16(3-5-18)20-10-11-23-21(26-20)24-17-6-8-19(9-7-17)27-12-14-30-15-13-27/h2-11H,12-15H2,1H3,(H,25,28)(H,23,24,26). The van der Waals surface area contributed by atoms with Gasteiger partial charge in [0.2, 0.25) is 5.95 Å². The van der Waals surface area contributed by atoms with Crippen molar-refractivity contribution >= 4 is 29.1 Å². The van der Waals surface area contributed by atoms with Gasteiger partial charge in [0.15, 0.2) is 0 Å². The number of amides is 1. The van der Waals surface area contributed by atoms with Gasteiger partial charge in [-0.15, -0.1) is 0 Å². The molecule has 1 fully saturated rings. The van der Waals surface area contributed by atoms with Crippen LogP contribution in [0.15, 0.2) is 60.8 Å². The van der Waals surface area contributed by atoms with E-state index in [4.69, 9.17) is 4.74 Å². The first kappa shape index (κ1) is 19.7. The third-order valence-corrected chi connectivity index (χ3v) is 4.77. The van der Waals surface area contributed by atoms with Gasteiger partial charge in [-0.05, 0) is 42.5 Å². The van der Waals surface area contributed by atoms with Crippen LogP contribution in [0.2, 0.25) is 0 Å². The van der Waals surface area contributed by atoms with E-state index in [2.05, 4.69) is 42.4 Å². The molecule has 8 heteroatoms. The lowest BCUT2D eigenvalue weighted by atomic mass is 10.1. The van der Waals surface area contributed by atoms with Gasteiger partial charge in [-0.1, -0.05) is 12.1 Å². The number of ether oxygens (including phenoxy) is 2. The smallest absolute Gasteiger partial charge is 0.411 e. The molecular formula is C22H23N5O3. The van der Waals surface area contributed by atoms with Crippen LogP contribution in [0.3, 0.4) is 0 Å². The number of aromatic nitrogens is 2. The molecule has 1 aromatic heterocycles. The highest BCUT2D eigenvalue weighted by Gasteiger charge is 2.11. The number of benzene rings is 2. The molecule has 8 nitrogen and oxygen atoms in total. The molecule has 2 N–H and O–H groups in total. The quantitative estimate of drug-likeness (QED) is 0.665. The van der Waals surface area contributed by atoms with Crippen molar-refractivity contribution in [3.63, 3.8) is 0 Å². The van der Waals surface area contributed by atoms with Gasteiger partial charge in [0, 0.05) is 41.9 Å². The summed E-state index contributed by atoms with van der Waals surface area (Å²) in [7, 11) is 1.33. The van der Waals surface area contributed by atoms with Crippen molar-refractivity contribution in [2.45, 2.75) is 0 Å². The van der Waals surface area contributed by atoms with Crippen LogP contribution in [0, 0.1) is 0 Å². The minimum Gasteiger partial charge on any atom is -0.453 e. The maximum atomic E-state index is 11.3. The maximum Gasteiger partial charge on any atom is 0.411 e. The van der Waals surface area contributed by atoms with Crippen molar-refractivity contribution < 1.29 is 14.3 Å². The van der Waals surface area contributed by atoms with Gasteiger partial charge in [0.1, 0.15) is 0 Å². The molecule has 0 bridgehead atoms. The number of hydrogen-bond acceptors (Lipinski definition) is 7. The number of hydrogen-bond donors (Lipinski definition) is 2. The molecule has 2 aromatic carbocycles. The molecule has 4 rings (SSSR count). The van der Waals surface area contributed by atoms with Crippen LogP contribution >= 0.6 is 0 Å². The molecule has 2 heterocycles. The Bertz CT molecular complexity index is 986. The molecule has 30 heavy (non-hydrogen) atoms. The van der Waals surface area contributed by atoms with Gasteiger partial charge >= 0.3 is 6.09 Å². The summed E-state index contributed by atoms with van der Waals surface area (Å²) in [5.74, 6) is 0.517. The van der Waals surface area contributed by atoms with Crippen molar-refractivity contribution in [3.8, 4) is 11.3 Å². The predicted molar refractivity (Wildman–Crippen MR) is 116 cm³/mol. The second-order valence-corrected chi connectivity index (χ2v) is 6.73. The monoisotopic (exact) mass is 405 g/mol. The summed E-state index contributed by atoms with van der Waals surface area (Å²) in [6.45, 7) is 3.35. The minimum atomic E-state index is -0.504. The fraction of sp³-hybridized carbons (Fsp3) is 0.227. The molecule has 0 unspecified atom stereocenters. The number of morpholine rings is 1. The number of rotatable bonds is 5. The van der Waals surface area contributed by atoms with E-state index in [0.717, 1.165) is 43.2 Å². The van der Waals surface area contributed by atoms with Crippen molar-refractivity contribution in [2.24, 2.45) is 0 Å². The third-order valence-electron chi connectivity index (χ3n) is 4.77. The van der Waals surface area contributed by atoms with Crippen molar-refractivity contribution in [3.05, 3.63) is 60.8 Å². The Hall–Kier alpha value is -3.65. The van der Waals surface area contributed by atoms with Gasteiger partial charge in [0.05, 0.1) is 26.0 Å². The minimum absolute atomic E-state index is 0.504. The molecule has 0 atom stereocenters. The summed E-state index contributed by atoms with van der Waals surface area (Å²) in [6.07, 6.45) is 1.21. The zero-order valence-electron chi connectivity index (χ0n) is 16.7. The Morgan fingerprint density at radius 1 is 1.00 bits per heavy atom. The second kappa shape index (κ2) is 9.23. The molecule has 1 amide bonds. The second-order valence-electron chi connectivity index (χ2n) is 6.73. The van der Waals surface area contributed by atoms with Gasteiger partial charge in [0.25, 0.3) is 0 Å². The molecule has 0 saturated carbocycles. The zero-order chi connectivity index (χ0) is 20.8. The van der Waals surface area contributed by atoms with Gasteiger partial charge in [-0.2, -0.15) is 0 Å². The van der Waals surface area contributed by atoms with E-state index >= 15 is 0 Å². The number of anilines is 4. The fourth-order valence-electron chi connectivity index (χ4n) is 3.18. The number of methoxy groups -OCH3 is 1. The first-order valence-electron chi connectivity index (χ1n) is 9.69. The van der Waals surface area contributed by atoms with Crippen LogP contribution < -0.4 is 15.5 Å². The third kappa shape index (κ3) is 4.84. The Balaban J connectivity index is 1.43. The van der Waals surface area contributed by atoms with E-state index < -0.39 is 6.09 Å². The SMILES string of the molecule is COC(=O)Nc1ccc(-c2ccnc(Nc3ccc(N4CCOCC4)cc3)n2)cc1. The lowest BCUT2D eigenvalue weighted by Gasteiger charge is -2.28. The number of carbonyl (C=O) groups is 1. The van der Waals surface area contributed by atoms with Crippen LogP contribution in [0.1, 0.15) is 0 Å². The molecule has 3 aromatic rings. The average Bonchev–Trinajstić information content (AvgIpc) is 2.81. The highest BCUT2D eigenvalue weighted by molar-refractivity contribution is 5.84. The lowest BCUT2D eigenvalue weighted by molar-refractivity contribution is 0.122. The van der Waals surface area contributed by atoms with Crippen LogP contribution in [0.4, 0.5) is 27.8 Å². The molecule has 1 saturated heterocycles. The van der Waals surface area contributed by atoms with E-state index in [1.54, 1.807) is 18.3 Å². The van der Waals surface area contributed by atoms with Crippen LogP contribution in [0.25, 0.3) is 11.3 Å².